The maximum atomic E-state index is 10.0. The van der Waals surface area contributed by atoms with E-state index in [1.807, 2.05) is 24.3 Å². The second-order valence-electron chi connectivity index (χ2n) is 4.93. The number of aromatic hydroxyl groups is 1. The lowest BCUT2D eigenvalue weighted by molar-refractivity contribution is 0.411. The number of ether oxygens (including phenoxy) is 1. The molecule has 0 bridgehead atoms. The van der Waals surface area contributed by atoms with Gasteiger partial charge in [-0.2, -0.15) is 0 Å². The van der Waals surface area contributed by atoms with Gasteiger partial charge >= 0.3 is 0 Å². The minimum atomic E-state index is 0.269. The van der Waals surface area contributed by atoms with Crippen LogP contribution in [0.3, 0.4) is 0 Å². The minimum absolute atomic E-state index is 0.269. The molecule has 0 unspecified atom stereocenters. The van der Waals surface area contributed by atoms with E-state index >= 15 is 0 Å². The number of para-hydroxylation sites is 2. The van der Waals surface area contributed by atoms with Gasteiger partial charge in [-0.15, -0.1) is 0 Å². The van der Waals surface area contributed by atoms with Gasteiger partial charge in [0.15, 0.2) is 0 Å². The number of hydrogen-bond acceptors (Lipinski definition) is 3. The van der Waals surface area contributed by atoms with Gasteiger partial charge in [0.1, 0.15) is 17.3 Å². The Morgan fingerprint density at radius 1 is 1.19 bits per heavy atom. The highest BCUT2D eigenvalue weighted by molar-refractivity contribution is 5.76. The summed E-state index contributed by atoms with van der Waals surface area (Å²) < 4.78 is 7.40. The van der Waals surface area contributed by atoms with E-state index in [4.69, 9.17) is 4.74 Å². The van der Waals surface area contributed by atoms with Crippen LogP contribution in [0, 0.1) is 0 Å². The van der Waals surface area contributed by atoms with E-state index in [-0.39, 0.29) is 5.75 Å². The van der Waals surface area contributed by atoms with Crippen molar-refractivity contribution in [1.29, 1.82) is 0 Å². The van der Waals surface area contributed by atoms with Gasteiger partial charge in [-0.1, -0.05) is 12.1 Å². The second-order valence-corrected chi connectivity index (χ2v) is 4.93. The molecule has 0 aliphatic heterocycles. The molecule has 0 saturated heterocycles. The number of nitrogens with zero attached hydrogens (tertiary/aromatic N) is 2. The Morgan fingerprint density at radius 3 is 2.76 bits per heavy atom. The van der Waals surface area contributed by atoms with Crippen LogP contribution in [0.5, 0.6) is 11.5 Å². The summed E-state index contributed by atoms with van der Waals surface area (Å²) >= 11 is 0. The number of phenols is 1. The van der Waals surface area contributed by atoms with Gasteiger partial charge in [0, 0.05) is 18.5 Å². The van der Waals surface area contributed by atoms with E-state index in [1.165, 1.54) is 0 Å². The third-order valence-corrected chi connectivity index (χ3v) is 3.69. The molecule has 0 amide bonds. The average Bonchev–Trinajstić information content (AvgIpc) is 2.86. The number of imidazole rings is 1. The number of aromatic nitrogens is 2. The molecule has 1 aromatic heterocycles. The van der Waals surface area contributed by atoms with Gasteiger partial charge in [0.05, 0.1) is 18.1 Å². The topological polar surface area (TPSA) is 47.3 Å². The van der Waals surface area contributed by atoms with Gasteiger partial charge < -0.3 is 14.4 Å². The molecule has 0 saturated carbocycles. The summed E-state index contributed by atoms with van der Waals surface area (Å²) in [5, 5.41) is 10.0. The molecule has 3 rings (SSSR count). The molecule has 1 heterocycles. The molecule has 0 spiro atoms. The maximum Gasteiger partial charge on any atom is 0.119 e. The van der Waals surface area contributed by atoms with E-state index < -0.39 is 0 Å². The van der Waals surface area contributed by atoms with E-state index in [9.17, 15) is 5.11 Å². The van der Waals surface area contributed by atoms with Crippen LogP contribution in [0.15, 0.2) is 42.5 Å². The maximum absolute atomic E-state index is 10.0. The van der Waals surface area contributed by atoms with Gasteiger partial charge in [-0.25, -0.2) is 4.98 Å². The van der Waals surface area contributed by atoms with Gasteiger partial charge in [-0.05, 0) is 37.3 Å². The van der Waals surface area contributed by atoms with Crippen molar-refractivity contribution >= 4 is 11.0 Å². The van der Waals surface area contributed by atoms with Gasteiger partial charge in [0.25, 0.3) is 0 Å². The third kappa shape index (κ3) is 2.44. The van der Waals surface area contributed by atoms with E-state index in [0.717, 1.165) is 34.7 Å². The monoisotopic (exact) mass is 282 g/mol. The molecular weight excluding hydrogens is 264 g/mol. The number of methoxy groups -OCH3 is 1. The predicted molar refractivity (Wildman–Crippen MR) is 82.9 cm³/mol. The first-order chi connectivity index (χ1) is 10.2. The van der Waals surface area contributed by atoms with Crippen LogP contribution < -0.4 is 4.74 Å². The first-order valence-electron chi connectivity index (χ1n) is 7.03. The van der Waals surface area contributed by atoms with Gasteiger partial charge in [-0.3, -0.25) is 0 Å². The minimum Gasteiger partial charge on any atom is -0.508 e. The van der Waals surface area contributed by atoms with Crippen LogP contribution >= 0.6 is 0 Å². The molecule has 1 N–H and O–H groups in total. The molecule has 4 heteroatoms. The van der Waals surface area contributed by atoms with Crippen molar-refractivity contribution in [1.82, 2.24) is 9.55 Å². The summed E-state index contributed by atoms with van der Waals surface area (Å²) in [6, 6.07) is 13.4. The molecule has 3 aromatic rings. The Bertz CT molecular complexity index is 778. The van der Waals surface area contributed by atoms with Crippen LogP contribution in [0.25, 0.3) is 11.0 Å². The fourth-order valence-corrected chi connectivity index (χ4v) is 2.61. The first-order valence-corrected chi connectivity index (χ1v) is 7.03. The molecule has 0 aliphatic rings. The Morgan fingerprint density at radius 2 is 2.00 bits per heavy atom. The summed E-state index contributed by atoms with van der Waals surface area (Å²) in [6.45, 7) is 2.95. The lowest BCUT2D eigenvalue weighted by Crippen LogP contribution is -2.03. The number of hydrogen-bond donors (Lipinski definition) is 1. The van der Waals surface area contributed by atoms with Crippen LogP contribution in [-0.4, -0.2) is 21.8 Å². The van der Waals surface area contributed by atoms with Crippen molar-refractivity contribution in [2.75, 3.05) is 7.11 Å². The summed E-state index contributed by atoms with van der Waals surface area (Å²) in [6.07, 6.45) is 0.575. The molecule has 108 valence electrons. The number of rotatable bonds is 4. The smallest absolute Gasteiger partial charge is 0.119 e. The fourth-order valence-electron chi connectivity index (χ4n) is 2.61. The molecule has 0 atom stereocenters. The Hall–Kier alpha value is -2.49. The molecule has 21 heavy (non-hydrogen) atoms. The summed E-state index contributed by atoms with van der Waals surface area (Å²) in [4.78, 5) is 4.69. The molecule has 0 fully saturated rings. The second kappa shape index (κ2) is 5.48. The number of benzene rings is 2. The largest absolute Gasteiger partial charge is 0.508 e. The molecule has 2 aromatic carbocycles. The highest BCUT2D eigenvalue weighted by atomic mass is 16.5. The highest BCUT2D eigenvalue weighted by Crippen LogP contribution is 2.26. The SMILES string of the molecule is CCn1c(Cc2cc(OC)ccc2O)nc2ccccc21. The number of fused-ring (bicyclic) bond motifs is 1. The van der Waals surface area contributed by atoms with Crippen molar-refractivity contribution in [3.05, 3.63) is 53.9 Å². The zero-order chi connectivity index (χ0) is 14.8. The van der Waals surface area contributed by atoms with Gasteiger partial charge in [0.2, 0.25) is 0 Å². The van der Waals surface area contributed by atoms with E-state index in [0.29, 0.717) is 6.42 Å². The molecule has 4 nitrogen and oxygen atoms in total. The Balaban J connectivity index is 2.05. The van der Waals surface area contributed by atoms with Crippen molar-refractivity contribution in [3.8, 4) is 11.5 Å². The van der Waals surface area contributed by atoms with Crippen molar-refractivity contribution in [3.63, 3.8) is 0 Å². The average molecular weight is 282 g/mol. The zero-order valence-corrected chi connectivity index (χ0v) is 12.2. The number of aryl methyl sites for hydroxylation is 1. The summed E-state index contributed by atoms with van der Waals surface area (Å²) in [7, 11) is 1.62. The zero-order valence-electron chi connectivity index (χ0n) is 12.2. The standard InChI is InChI=1S/C17H18N2O2/c1-3-19-15-7-5-4-6-14(15)18-17(19)11-12-10-13(21-2)8-9-16(12)20/h4-10,20H,3,11H2,1-2H3. The lowest BCUT2D eigenvalue weighted by Gasteiger charge is -2.09. The van der Waals surface area contributed by atoms with Crippen molar-refractivity contribution < 1.29 is 9.84 Å². The molecule has 0 radical (unpaired) electrons. The summed E-state index contributed by atoms with van der Waals surface area (Å²) in [5.41, 5.74) is 2.92. The molecule has 0 aliphatic carbocycles. The first kappa shape index (κ1) is 13.5. The van der Waals surface area contributed by atoms with E-state index in [2.05, 4.69) is 22.5 Å². The lowest BCUT2D eigenvalue weighted by atomic mass is 10.1. The summed E-state index contributed by atoms with van der Waals surface area (Å²) in [5.74, 6) is 1.95. The highest BCUT2D eigenvalue weighted by Gasteiger charge is 2.12. The fraction of sp³-hybridized carbons (Fsp3) is 0.235. The predicted octanol–water partition coefficient (Wildman–Crippen LogP) is 3.36. The Kier molecular flexibility index (Phi) is 3.52. The normalized spacial score (nSPS) is 11.0. The molecular formula is C17H18N2O2. The van der Waals surface area contributed by atoms with Crippen molar-refractivity contribution in [2.24, 2.45) is 0 Å². The Labute approximate surface area is 123 Å². The van der Waals surface area contributed by atoms with Crippen LogP contribution in [0.4, 0.5) is 0 Å². The quantitative estimate of drug-likeness (QED) is 0.798. The van der Waals surface area contributed by atoms with Crippen LogP contribution in [-0.2, 0) is 13.0 Å². The van der Waals surface area contributed by atoms with Crippen molar-refractivity contribution in [2.45, 2.75) is 19.9 Å². The van der Waals surface area contributed by atoms with Crippen LogP contribution in [0.1, 0.15) is 18.3 Å². The van der Waals surface area contributed by atoms with E-state index in [1.54, 1.807) is 19.2 Å². The van der Waals surface area contributed by atoms with Crippen LogP contribution in [0.2, 0.25) is 0 Å². The third-order valence-electron chi connectivity index (χ3n) is 3.69. The number of phenolic OH excluding ortho intramolecular Hbond substituents is 1.